The zero-order chi connectivity index (χ0) is 11.6. The van der Waals surface area contributed by atoms with Gasteiger partial charge in [-0.05, 0) is 50.7 Å². The molecule has 0 spiro atoms. The third-order valence-corrected chi connectivity index (χ3v) is 3.71. The van der Waals surface area contributed by atoms with Crippen molar-refractivity contribution in [1.82, 2.24) is 5.32 Å². The molecule has 0 aliphatic heterocycles. The van der Waals surface area contributed by atoms with Crippen LogP contribution in [0.25, 0.3) is 0 Å². The summed E-state index contributed by atoms with van der Waals surface area (Å²) in [4.78, 5) is 0. The molecule has 1 aromatic rings. The molecule has 16 heavy (non-hydrogen) atoms. The summed E-state index contributed by atoms with van der Waals surface area (Å²) in [5, 5.41) is 3.61. The van der Waals surface area contributed by atoms with Crippen LogP contribution in [0.15, 0.2) is 16.5 Å². The zero-order valence-corrected chi connectivity index (χ0v) is 10.7. The molecule has 1 aliphatic carbocycles. The lowest BCUT2D eigenvalue weighted by Crippen LogP contribution is -2.26. The van der Waals surface area contributed by atoms with E-state index < -0.39 is 0 Å². The molecule has 1 fully saturated rings. The lowest BCUT2D eigenvalue weighted by molar-refractivity contribution is 0.362. The highest BCUT2D eigenvalue weighted by molar-refractivity contribution is 5.09. The van der Waals surface area contributed by atoms with Crippen molar-refractivity contribution in [2.45, 2.75) is 52.5 Å². The van der Waals surface area contributed by atoms with Gasteiger partial charge >= 0.3 is 0 Å². The summed E-state index contributed by atoms with van der Waals surface area (Å²) < 4.78 is 5.63. The molecule has 0 saturated heterocycles. The van der Waals surface area contributed by atoms with Crippen LogP contribution in [0, 0.1) is 12.3 Å². The predicted octanol–water partition coefficient (Wildman–Crippen LogP) is 3.82. The maximum atomic E-state index is 5.63. The van der Waals surface area contributed by atoms with Crippen LogP contribution in [0.5, 0.6) is 0 Å². The van der Waals surface area contributed by atoms with E-state index in [9.17, 15) is 0 Å². The zero-order valence-electron chi connectivity index (χ0n) is 10.7. The molecule has 1 N–H and O–H groups in total. The van der Waals surface area contributed by atoms with E-state index in [2.05, 4.69) is 25.2 Å². The van der Waals surface area contributed by atoms with E-state index in [-0.39, 0.29) is 0 Å². The van der Waals surface area contributed by atoms with E-state index in [1.165, 1.54) is 25.7 Å². The molecule has 1 aliphatic rings. The Bertz CT molecular complexity index is 338. The first-order valence-corrected chi connectivity index (χ1v) is 6.45. The maximum absolute atomic E-state index is 5.63. The minimum absolute atomic E-state index is 0.336. The fraction of sp³-hybridized carbons (Fsp3) is 0.714. The largest absolute Gasteiger partial charge is 0.465 e. The molecule has 2 rings (SSSR count). The number of rotatable bonds is 6. The summed E-state index contributed by atoms with van der Waals surface area (Å²) in [6.45, 7) is 7.59. The second kappa shape index (κ2) is 4.62. The maximum Gasteiger partial charge on any atom is 0.120 e. The summed E-state index contributed by atoms with van der Waals surface area (Å²) in [7, 11) is 0. The minimum atomic E-state index is 0.336. The number of nitrogens with one attached hydrogen (secondary N) is 1. The third-order valence-electron chi connectivity index (χ3n) is 3.71. The van der Waals surface area contributed by atoms with Crippen molar-refractivity contribution in [2.75, 3.05) is 6.54 Å². The fourth-order valence-corrected chi connectivity index (χ4v) is 2.38. The van der Waals surface area contributed by atoms with Gasteiger partial charge in [0.25, 0.3) is 0 Å². The Labute approximate surface area is 98.4 Å². The van der Waals surface area contributed by atoms with Crippen LogP contribution in [-0.4, -0.2) is 6.54 Å². The average molecular weight is 221 g/mol. The van der Waals surface area contributed by atoms with Gasteiger partial charge in [0.05, 0.1) is 6.04 Å². The van der Waals surface area contributed by atoms with Crippen molar-refractivity contribution in [3.05, 3.63) is 23.7 Å². The quantitative estimate of drug-likeness (QED) is 0.790. The van der Waals surface area contributed by atoms with Crippen LogP contribution in [0.1, 0.15) is 57.1 Å². The van der Waals surface area contributed by atoms with Crippen LogP contribution in [0.2, 0.25) is 0 Å². The van der Waals surface area contributed by atoms with Crippen LogP contribution in [-0.2, 0) is 0 Å². The van der Waals surface area contributed by atoms with Gasteiger partial charge in [-0.1, -0.05) is 13.3 Å². The van der Waals surface area contributed by atoms with Crippen molar-refractivity contribution in [1.29, 1.82) is 0 Å². The van der Waals surface area contributed by atoms with Gasteiger partial charge in [0.15, 0.2) is 0 Å². The molecule has 1 saturated carbocycles. The Morgan fingerprint density at radius 1 is 1.44 bits per heavy atom. The smallest absolute Gasteiger partial charge is 0.120 e. The van der Waals surface area contributed by atoms with E-state index in [4.69, 9.17) is 4.42 Å². The summed E-state index contributed by atoms with van der Waals surface area (Å²) in [5.41, 5.74) is 0.616. The number of aryl methyl sites for hydroxylation is 1. The highest BCUT2D eigenvalue weighted by Gasteiger charge is 2.41. The first-order valence-electron chi connectivity index (χ1n) is 6.45. The highest BCUT2D eigenvalue weighted by atomic mass is 16.3. The lowest BCUT2D eigenvalue weighted by atomic mass is 10.0. The van der Waals surface area contributed by atoms with E-state index in [0.717, 1.165) is 18.1 Å². The summed E-state index contributed by atoms with van der Waals surface area (Å²) >= 11 is 0. The number of furan rings is 1. The molecule has 2 heteroatoms. The first kappa shape index (κ1) is 11.7. The van der Waals surface area contributed by atoms with Gasteiger partial charge in [-0.3, -0.25) is 0 Å². The molecule has 1 heterocycles. The molecule has 0 amide bonds. The Kier molecular flexibility index (Phi) is 3.38. The second-order valence-corrected chi connectivity index (χ2v) is 5.30. The number of hydrogen-bond donors (Lipinski definition) is 1. The topological polar surface area (TPSA) is 25.2 Å². The van der Waals surface area contributed by atoms with Crippen LogP contribution >= 0.6 is 0 Å². The molecule has 1 unspecified atom stereocenters. The molecular formula is C14H23NO. The van der Waals surface area contributed by atoms with Crippen molar-refractivity contribution < 1.29 is 4.42 Å². The van der Waals surface area contributed by atoms with Crippen LogP contribution in [0.4, 0.5) is 0 Å². The molecule has 90 valence electrons. The predicted molar refractivity (Wildman–Crippen MR) is 66.4 cm³/mol. The van der Waals surface area contributed by atoms with E-state index >= 15 is 0 Å². The summed E-state index contributed by atoms with van der Waals surface area (Å²) in [6, 6.07) is 4.45. The van der Waals surface area contributed by atoms with Crippen LogP contribution < -0.4 is 5.32 Å². The Morgan fingerprint density at radius 2 is 2.19 bits per heavy atom. The first-order chi connectivity index (χ1) is 7.65. The van der Waals surface area contributed by atoms with Gasteiger partial charge in [0.2, 0.25) is 0 Å². The molecule has 0 radical (unpaired) electrons. The van der Waals surface area contributed by atoms with Crippen molar-refractivity contribution in [3.8, 4) is 0 Å². The second-order valence-electron chi connectivity index (χ2n) is 5.30. The third kappa shape index (κ3) is 2.67. The number of hydrogen-bond acceptors (Lipinski definition) is 2. The monoisotopic (exact) mass is 221 g/mol. The van der Waals surface area contributed by atoms with Gasteiger partial charge in [-0.25, -0.2) is 0 Å². The van der Waals surface area contributed by atoms with Crippen LogP contribution in [0.3, 0.4) is 0 Å². The molecule has 1 atom stereocenters. The van der Waals surface area contributed by atoms with Gasteiger partial charge < -0.3 is 9.73 Å². The summed E-state index contributed by atoms with van der Waals surface area (Å²) in [6.07, 6.45) is 5.47. The Hall–Kier alpha value is -0.760. The van der Waals surface area contributed by atoms with Crippen molar-refractivity contribution >= 4 is 0 Å². The Balaban J connectivity index is 1.82. The molecular weight excluding hydrogens is 198 g/mol. The fourth-order valence-electron chi connectivity index (χ4n) is 2.38. The van der Waals surface area contributed by atoms with Gasteiger partial charge in [-0.15, -0.1) is 0 Å². The molecule has 0 bridgehead atoms. The molecule has 2 nitrogen and oxygen atoms in total. The molecule has 1 aromatic heterocycles. The van der Waals surface area contributed by atoms with Gasteiger partial charge in [-0.2, -0.15) is 0 Å². The van der Waals surface area contributed by atoms with E-state index in [1.807, 2.05) is 13.0 Å². The van der Waals surface area contributed by atoms with E-state index in [0.29, 0.717) is 11.5 Å². The minimum Gasteiger partial charge on any atom is -0.465 e. The van der Waals surface area contributed by atoms with Crippen molar-refractivity contribution in [3.63, 3.8) is 0 Å². The lowest BCUT2D eigenvalue weighted by Gasteiger charge is -2.18. The Morgan fingerprint density at radius 3 is 2.69 bits per heavy atom. The SMILES string of the molecule is CCCC1(CNC(C)c2ccc(C)o2)CC1. The summed E-state index contributed by atoms with van der Waals surface area (Å²) in [5.74, 6) is 2.06. The normalized spacial score (nSPS) is 19.7. The average Bonchev–Trinajstić information content (AvgIpc) is 2.89. The highest BCUT2D eigenvalue weighted by Crippen LogP contribution is 2.49. The van der Waals surface area contributed by atoms with E-state index in [1.54, 1.807) is 0 Å². The van der Waals surface area contributed by atoms with Crippen molar-refractivity contribution in [2.24, 2.45) is 5.41 Å². The van der Waals surface area contributed by atoms with Gasteiger partial charge in [0.1, 0.15) is 11.5 Å². The standard InChI is InChI=1S/C14H23NO/c1-4-7-14(8-9-14)10-15-12(3)13-6-5-11(2)16-13/h5-6,12,15H,4,7-10H2,1-3H3. The molecule has 0 aromatic carbocycles. The van der Waals surface area contributed by atoms with Gasteiger partial charge in [0, 0.05) is 6.54 Å².